The zero-order valence-corrected chi connectivity index (χ0v) is 16.0. The molecule has 0 spiro atoms. The lowest BCUT2D eigenvalue weighted by molar-refractivity contribution is -0.111. The van der Waals surface area contributed by atoms with E-state index in [1.807, 2.05) is 78.5 Å². The van der Waals surface area contributed by atoms with Crippen LogP contribution >= 0.6 is 0 Å². The number of pyridine rings is 1. The molecule has 2 aromatic carbocycles. The van der Waals surface area contributed by atoms with Crippen LogP contribution in [0.5, 0.6) is 0 Å². The number of nitrogens with zero attached hydrogens (tertiary/aromatic N) is 3. The minimum Gasteiger partial charge on any atom is -0.322 e. The summed E-state index contributed by atoms with van der Waals surface area (Å²) in [4.78, 5) is 20.6. The number of aromatic nitrogens is 3. The molecule has 4 rings (SSSR count). The van der Waals surface area contributed by atoms with Crippen molar-refractivity contribution in [2.45, 2.75) is 6.92 Å². The maximum Gasteiger partial charge on any atom is 0.248 e. The molecular weight excluding hydrogens is 360 g/mol. The van der Waals surface area contributed by atoms with Gasteiger partial charge in [-0.1, -0.05) is 30.3 Å². The molecule has 1 amide bonds. The molecule has 4 aromatic rings. The van der Waals surface area contributed by atoms with Gasteiger partial charge in [0.1, 0.15) is 0 Å². The number of hydrogen-bond donors (Lipinski definition) is 1. The highest BCUT2D eigenvalue weighted by Gasteiger charge is 2.05. The van der Waals surface area contributed by atoms with E-state index < -0.39 is 0 Å². The number of rotatable bonds is 5. The predicted molar refractivity (Wildman–Crippen MR) is 116 cm³/mol. The first-order valence-corrected chi connectivity index (χ1v) is 9.27. The van der Waals surface area contributed by atoms with Crippen LogP contribution in [0.15, 0.2) is 91.8 Å². The highest BCUT2D eigenvalue weighted by molar-refractivity contribution is 6.02. The Bertz CT molecular complexity index is 1130. The van der Waals surface area contributed by atoms with Crippen LogP contribution in [0.4, 0.5) is 5.69 Å². The second-order valence-electron chi connectivity index (χ2n) is 6.66. The quantitative estimate of drug-likeness (QED) is 0.501. The van der Waals surface area contributed by atoms with Gasteiger partial charge >= 0.3 is 0 Å². The molecule has 0 fully saturated rings. The molecule has 142 valence electrons. The summed E-state index contributed by atoms with van der Waals surface area (Å²) in [7, 11) is 0. The minimum atomic E-state index is -0.171. The molecule has 0 radical (unpaired) electrons. The molecule has 5 heteroatoms. The van der Waals surface area contributed by atoms with Crippen molar-refractivity contribution < 1.29 is 4.79 Å². The lowest BCUT2D eigenvalue weighted by Crippen LogP contribution is -2.09. The number of anilines is 1. The summed E-state index contributed by atoms with van der Waals surface area (Å²) in [6.45, 7) is 1.97. The van der Waals surface area contributed by atoms with Crippen LogP contribution in [0.3, 0.4) is 0 Å². The largest absolute Gasteiger partial charge is 0.322 e. The van der Waals surface area contributed by atoms with Crippen LogP contribution < -0.4 is 5.32 Å². The van der Waals surface area contributed by atoms with Gasteiger partial charge in [0.25, 0.3) is 0 Å². The second kappa shape index (κ2) is 8.35. The van der Waals surface area contributed by atoms with Crippen molar-refractivity contribution in [3.63, 3.8) is 0 Å². The maximum atomic E-state index is 12.4. The SMILES string of the molecule is Cc1ccc(-c2cccnc2)cc1NC(=O)/C=C/c1ccc(-n2ccnc2)cc1. The summed E-state index contributed by atoms with van der Waals surface area (Å²) in [5.74, 6) is -0.171. The van der Waals surface area contributed by atoms with Gasteiger partial charge in [-0.15, -0.1) is 0 Å². The summed E-state index contributed by atoms with van der Waals surface area (Å²) in [6, 6.07) is 17.8. The van der Waals surface area contributed by atoms with Gasteiger partial charge in [-0.25, -0.2) is 4.98 Å². The van der Waals surface area contributed by atoms with E-state index in [4.69, 9.17) is 0 Å². The van der Waals surface area contributed by atoms with Crippen LogP contribution in [0.25, 0.3) is 22.9 Å². The summed E-state index contributed by atoms with van der Waals surface area (Å²) in [5.41, 5.74) is 5.78. The lowest BCUT2D eigenvalue weighted by atomic mass is 10.0. The van der Waals surface area contributed by atoms with Gasteiger partial charge in [-0.05, 0) is 54.0 Å². The number of hydrogen-bond acceptors (Lipinski definition) is 3. The molecule has 2 heterocycles. The first kappa shape index (κ1) is 18.4. The van der Waals surface area contributed by atoms with E-state index in [0.29, 0.717) is 0 Å². The van der Waals surface area contributed by atoms with Crippen molar-refractivity contribution in [1.82, 2.24) is 14.5 Å². The van der Waals surface area contributed by atoms with E-state index in [0.717, 1.165) is 33.6 Å². The van der Waals surface area contributed by atoms with Gasteiger partial charge in [0.2, 0.25) is 5.91 Å². The van der Waals surface area contributed by atoms with Crippen molar-refractivity contribution in [3.8, 4) is 16.8 Å². The summed E-state index contributed by atoms with van der Waals surface area (Å²) < 4.78 is 1.93. The number of carbonyl (C=O) groups is 1. The summed E-state index contributed by atoms with van der Waals surface area (Å²) >= 11 is 0. The van der Waals surface area contributed by atoms with E-state index in [-0.39, 0.29) is 5.91 Å². The third-order valence-electron chi connectivity index (χ3n) is 4.61. The topological polar surface area (TPSA) is 59.8 Å². The average Bonchev–Trinajstić information content (AvgIpc) is 3.30. The second-order valence-corrected chi connectivity index (χ2v) is 6.66. The maximum absolute atomic E-state index is 12.4. The van der Waals surface area contributed by atoms with Crippen LogP contribution in [-0.4, -0.2) is 20.4 Å². The van der Waals surface area contributed by atoms with Crippen molar-refractivity contribution >= 4 is 17.7 Å². The number of carbonyl (C=O) groups excluding carboxylic acids is 1. The average molecular weight is 380 g/mol. The molecule has 2 aromatic heterocycles. The third-order valence-corrected chi connectivity index (χ3v) is 4.61. The fourth-order valence-corrected chi connectivity index (χ4v) is 2.99. The van der Waals surface area contributed by atoms with Crippen molar-refractivity contribution in [2.75, 3.05) is 5.32 Å². The molecule has 1 N–H and O–H groups in total. The molecule has 0 unspecified atom stereocenters. The standard InChI is InChI=1S/C24H20N4O/c1-18-4-8-20(21-3-2-12-25-16-21)15-23(18)27-24(29)11-7-19-5-9-22(10-6-19)28-14-13-26-17-28/h2-17H,1H3,(H,27,29)/b11-7+. The normalized spacial score (nSPS) is 10.9. The molecule has 0 saturated heterocycles. The monoisotopic (exact) mass is 380 g/mol. The van der Waals surface area contributed by atoms with E-state index in [1.165, 1.54) is 0 Å². The van der Waals surface area contributed by atoms with Crippen LogP contribution in [0, 0.1) is 6.92 Å². The van der Waals surface area contributed by atoms with Gasteiger partial charge < -0.3 is 9.88 Å². The van der Waals surface area contributed by atoms with Crippen molar-refractivity contribution in [1.29, 1.82) is 0 Å². The third kappa shape index (κ3) is 4.47. The van der Waals surface area contributed by atoms with Crippen LogP contribution in [-0.2, 0) is 4.79 Å². The fraction of sp³-hybridized carbons (Fsp3) is 0.0417. The van der Waals surface area contributed by atoms with Gasteiger partial charge in [0, 0.05) is 47.8 Å². The minimum absolute atomic E-state index is 0.171. The molecule has 0 bridgehead atoms. The molecule has 5 nitrogen and oxygen atoms in total. The van der Waals surface area contributed by atoms with Gasteiger partial charge in [0.05, 0.1) is 6.33 Å². The number of nitrogens with one attached hydrogen (secondary N) is 1. The Morgan fingerprint density at radius 3 is 2.59 bits per heavy atom. The number of aryl methyl sites for hydroxylation is 1. The Balaban J connectivity index is 1.45. The Kier molecular flexibility index (Phi) is 5.29. The molecule has 0 aliphatic carbocycles. The van der Waals surface area contributed by atoms with E-state index in [9.17, 15) is 4.79 Å². The molecule has 0 saturated carbocycles. The number of benzene rings is 2. The van der Waals surface area contributed by atoms with Crippen LogP contribution in [0.1, 0.15) is 11.1 Å². The lowest BCUT2D eigenvalue weighted by Gasteiger charge is -2.09. The summed E-state index contributed by atoms with van der Waals surface area (Å²) in [5, 5.41) is 2.97. The molecular formula is C24H20N4O. The Morgan fingerprint density at radius 2 is 1.86 bits per heavy atom. The van der Waals surface area contributed by atoms with Crippen molar-refractivity contribution in [2.24, 2.45) is 0 Å². The van der Waals surface area contributed by atoms with Gasteiger partial charge in [-0.3, -0.25) is 9.78 Å². The fourth-order valence-electron chi connectivity index (χ4n) is 2.99. The molecule has 0 aliphatic heterocycles. The molecule has 0 aliphatic rings. The Morgan fingerprint density at radius 1 is 1.00 bits per heavy atom. The number of amides is 1. The molecule has 29 heavy (non-hydrogen) atoms. The smallest absolute Gasteiger partial charge is 0.248 e. The Labute approximate surface area is 169 Å². The van der Waals surface area contributed by atoms with Gasteiger partial charge in [0.15, 0.2) is 0 Å². The first-order valence-electron chi connectivity index (χ1n) is 9.27. The van der Waals surface area contributed by atoms with Crippen molar-refractivity contribution in [3.05, 3.63) is 103 Å². The predicted octanol–water partition coefficient (Wildman–Crippen LogP) is 4.89. The van der Waals surface area contributed by atoms with Crippen LogP contribution in [0.2, 0.25) is 0 Å². The summed E-state index contributed by atoms with van der Waals surface area (Å²) in [6.07, 6.45) is 12.3. The highest BCUT2D eigenvalue weighted by atomic mass is 16.1. The highest BCUT2D eigenvalue weighted by Crippen LogP contribution is 2.25. The Hall–Kier alpha value is -3.99. The van der Waals surface area contributed by atoms with E-state index >= 15 is 0 Å². The van der Waals surface area contributed by atoms with Gasteiger partial charge in [-0.2, -0.15) is 0 Å². The first-order chi connectivity index (χ1) is 14.2. The zero-order chi connectivity index (χ0) is 20.1. The van der Waals surface area contributed by atoms with E-state index in [2.05, 4.69) is 15.3 Å². The van der Waals surface area contributed by atoms with E-state index in [1.54, 1.807) is 30.9 Å². The molecule has 0 atom stereocenters. The number of imidazole rings is 1. The zero-order valence-electron chi connectivity index (χ0n) is 16.0.